The number of allylic oxidation sites excluding steroid dienone is 7. The van der Waals surface area contributed by atoms with Crippen LogP contribution in [0.5, 0.6) is 0 Å². The van der Waals surface area contributed by atoms with Gasteiger partial charge in [-0.25, -0.2) is 0 Å². The second-order valence-corrected chi connectivity index (χ2v) is 14.7. The Morgan fingerprint density at radius 3 is 1.24 bits per heavy atom. The molecule has 0 fully saturated rings. The topological polar surface area (TPSA) is 69.6 Å². The van der Waals surface area contributed by atoms with E-state index in [0.29, 0.717) is 6.42 Å². The molecule has 0 rings (SSSR count). The standard InChI is InChI=1S/C46H85NO3/c1-3-5-7-9-11-13-15-16-17-18-19-20-21-22-23-24-25-26-27-28-29-30-31-32-33-35-37-39-41-45(49)44(43-48)47-46(50)42-40-38-36-34-14-12-10-8-6-4-2/h8,10,28-29,32-33,39,41,44-45,48-49H,3-7,9,11-27,30-31,34-38,40,42-43H2,1-2H3,(H,47,50)/b10-8-,29-28+,33-32+,41-39+. The largest absolute Gasteiger partial charge is 0.394 e. The third kappa shape index (κ3) is 37.6. The van der Waals surface area contributed by atoms with Crippen molar-refractivity contribution in [3.63, 3.8) is 0 Å². The van der Waals surface area contributed by atoms with Crippen molar-refractivity contribution in [1.29, 1.82) is 0 Å². The van der Waals surface area contributed by atoms with E-state index in [1.807, 2.05) is 6.08 Å². The Labute approximate surface area is 312 Å². The molecule has 2 unspecified atom stereocenters. The van der Waals surface area contributed by atoms with Crippen molar-refractivity contribution in [3.8, 4) is 0 Å². The van der Waals surface area contributed by atoms with E-state index in [1.54, 1.807) is 6.08 Å². The fourth-order valence-corrected chi connectivity index (χ4v) is 6.39. The molecule has 292 valence electrons. The molecule has 0 aliphatic rings. The molecule has 0 saturated heterocycles. The second-order valence-electron chi connectivity index (χ2n) is 14.7. The Hall–Kier alpha value is -1.65. The lowest BCUT2D eigenvalue weighted by Crippen LogP contribution is -2.45. The minimum atomic E-state index is -0.872. The van der Waals surface area contributed by atoms with Gasteiger partial charge in [0.05, 0.1) is 18.8 Å². The first-order chi connectivity index (χ1) is 24.7. The summed E-state index contributed by atoms with van der Waals surface area (Å²) in [5, 5.41) is 22.9. The molecule has 0 spiro atoms. The molecule has 0 aliphatic carbocycles. The molecule has 0 heterocycles. The van der Waals surface area contributed by atoms with Crippen LogP contribution in [0.3, 0.4) is 0 Å². The first-order valence-electron chi connectivity index (χ1n) is 21.9. The van der Waals surface area contributed by atoms with E-state index in [2.05, 4.69) is 55.6 Å². The summed E-state index contributed by atoms with van der Waals surface area (Å²) in [7, 11) is 0. The number of aliphatic hydroxyl groups excluding tert-OH is 2. The van der Waals surface area contributed by atoms with E-state index in [9.17, 15) is 15.0 Å². The van der Waals surface area contributed by atoms with Crippen molar-refractivity contribution in [2.24, 2.45) is 0 Å². The molecule has 0 aromatic heterocycles. The van der Waals surface area contributed by atoms with Gasteiger partial charge in [-0.15, -0.1) is 0 Å². The minimum absolute atomic E-state index is 0.0913. The average Bonchev–Trinajstić information content (AvgIpc) is 3.12. The number of amides is 1. The maximum Gasteiger partial charge on any atom is 0.220 e. The van der Waals surface area contributed by atoms with Crippen LogP contribution in [0.15, 0.2) is 48.6 Å². The van der Waals surface area contributed by atoms with Crippen LogP contribution in [0.4, 0.5) is 0 Å². The Bertz CT molecular complexity index is 801. The van der Waals surface area contributed by atoms with Crippen LogP contribution in [0.1, 0.15) is 219 Å². The van der Waals surface area contributed by atoms with Gasteiger partial charge in [-0.2, -0.15) is 0 Å². The van der Waals surface area contributed by atoms with Crippen molar-refractivity contribution >= 4 is 5.91 Å². The van der Waals surface area contributed by atoms with Gasteiger partial charge in [0.1, 0.15) is 0 Å². The molecule has 0 radical (unpaired) electrons. The molecular formula is C46H85NO3. The predicted octanol–water partition coefficient (Wildman–Crippen LogP) is 13.6. The van der Waals surface area contributed by atoms with Gasteiger partial charge in [0, 0.05) is 6.42 Å². The molecule has 4 heteroatoms. The van der Waals surface area contributed by atoms with Crippen LogP contribution in [-0.2, 0) is 4.79 Å². The number of nitrogens with one attached hydrogen (secondary N) is 1. The van der Waals surface area contributed by atoms with Gasteiger partial charge in [0.25, 0.3) is 0 Å². The maximum atomic E-state index is 12.3. The van der Waals surface area contributed by atoms with E-state index < -0.39 is 12.1 Å². The highest BCUT2D eigenvalue weighted by Gasteiger charge is 2.17. The molecule has 50 heavy (non-hydrogen) atoms. The summed E-state index contributed by atoms with van der Waals surface area (Å²) < 4.78 is 0. The summed E-state index contributed by atoms with van der Waals surface area (Å²) in [5.74, 6) is -0.0913. The molecule has 1 amide bonds. The van der Waals surface area contributed by atoms with Crippen LogP contribution < -0.4 is 5.32 Å². The van der Waals surface area contributed by atoms with Gasteiger partial charge < -0.3 is 15.5 Å². The van der Waals surface area contributed by atoms with Crippen molar-refractivity contribution in [3.05, 3.63) is 48.6 Å². The first-order valence-corrected chi connectivity index (χ1v) is 21.9. The van der Waals surface area contributed by atoms with Gasteiger partial charge in [0.15, 0.2) is 0 Å². The van der Waals surface area contributed by atoms with Crippen molar-refractivity contribution in [2.75, 3.05) is 6.61 Å². The first kappa shape index (κ1) is 48.3. The normalized spacial score (nSPS) is 13.4. The smallest absolute Gasteiger partial charge is 0.220 e. The second kappa shape index (κ2) is 41.8. The number of rotatable bonds is 39. The molecular weight excluding hydrogens is 615 g/mol. The van der Waals surface area contributed by atoms with E-state index in [1.165, 1.54) is 148 Å². The van der Waals surface area contributed by atoms with E-state index in [0.717, 1.165) is 51.4 Å². The van der Waals surface area contributed by atoms with Crippen molar-refractivity contribution in [2.45, 2.75) is 231 Å². The molecule has 0 saturated carbocycles. The molecule has 3 N–H and O–H groups in total. The summed E-state index contributed by atoms with van der Waals surface area (Å²) in [4.78, 5) is 12.3. The number of aliphatic hydroxyl groups is 2. The van der Waals surface area contributed by atoms with E-state index in [4.69, 9.17) is 0 Å². The molecule has 0 bridgehead atoms. The third-order valence-electron chi connectivity index (χ3n) is 9.74. The zero-order valence-corrected chi connectivity index (χ0v) is 33.4. The Morgan fingerprint density at radius 2 is 0.820 bits per heavy atom. The summed E-state index contributed by atoms with van der Waals surface area (Å²) in [6.45, 7) is 4.22. The zero-order chi connectivity index (χ0) is 36.4. The zero-order valence-electron chi connectivity index (χ0n) is 33.4. The lowest BCUT2D eigenvalue weighted by molar-refractivity contribution is -0.123. The van der Waals surface area contributed by atoms with Gasteiger partial charge in [-0.05, 0) is 64.2 Å². The summed E-state index contributed by atoms with van der Waals surface area (Å²) in [5.41, 5.74) is 0. The highest BCUT2D eigenvalue weighted by atomic mass is 16.3. The maximum absolute atomic E-state index is 12.3. The van der Waals surface area contributed by atoms with Crippen LogP contribution in [0.25, 0.3) is 0 Å². The summed E-state index contributed by atoms with van der Waals surface area (Å²) >= 11 is 0. The highest BCUT2D eigenvalue weighted by Crippen LogP contribution is 2.15. The molecule has 4 nitrogen and oxygen atoms in total. The number of hydrogen-bond acceptors (Lipinski definition) is 3. The number of hydrogen-bond donors (Lipinski definition) is 3. The van der Waals surface area contributed by atoms with Crippen LogP contribution in [0.2, 0.25) is 0 Å². The number of unbranched alkanes of at least 4 members (excludes halogenated alkanes) is 26. The van der Waals surface area contributed by atoms with Gasteiger partial charge in [-0.1, -0.05) is 197 Å². The van der Waals surface area contributed by atoms with E-state index in [-0.39, 0.29) is 12.5 Å². The Kier molecular flexibility index (Phi) is 40.4. The minimum Gasteiger partial charge on any atom is -0.394 e. The Morgan fingerprint density at radius 1 is 0.460 bits per heavy atom. The quantitative estimate of drug-likeness (QED) is 0.0442. The summed E-state index contributed by atoms with van der Waals surface area (Å²) in [6, 6.07) is -0.648. The van der Waals surface area contributed by atoms with Gasteiger partial charge in [-0.3, -0.25) is 4.79 Å². The number of carbonyl (C=O) groups excluding carboxylic acids is 1. The molecule has 2 atom stereocenters. The summed E-state index contributed by atoms with van der Waals surface area (Å²) in [6.07, 6.45) is 56.7. The average molecular weight is 700 g/mol. The molecule has 0 aliphatic heterocycles. The SMILES string of the molecule is CCC/C=C\CCCCCCCC(=O)NC(CO)C(O)/C=C/CC/C=C/CC/C=C/CCCCCCCCCCCCCCCCCCCC. The fraction of sp³-hybridized carbons (Fsp3) is 0.804. The predicted molar refractivity (Wildman–Crippen MR) is 221 cm³/mol. The number of carbonyl (C=O) groups is 1. The van der Waals surface area contributed by atoms with Crippen LogP contribution in [-0.4, -0.2) is 34.9 Å². The van der Waals surface area contributed by atoms with E-state index >= 15 is 0 Å². The van der Waals surface area contributed by atoms with Gasteiger partial charge >= 0.3 is 0 Å². The third-order valence-corrected chi connectivity index (χ3v) is 9.74. The monoisotopic (exact) mass is 700 g/mol. The highest BCUT2D eigenvalue weighted by molar-refractivity contribution is 5.76. The Balaban J connectivity index is 3.58. The van der Waals surface area contributed by atoms with Crippen LogP contribution >= 0.6 is 0 Å². The lowest BCUT2D eigenvalue weighted by Gasteiger charge is -2.19. The lowest BCUT2D eigenvalue weighted by atomic mass is 10.0. The molecule has 0 aromatic carbocycles. The van der Waals surface area contributed by atoms with Crippen molar-refractivity contribution in [1.82, 2.24) is 5.32 Å². The van der Waals surface area contributed by atoms with Crippen molar-refractivity contribution < 1.29 is 15.0 Å². The fourth-order valence-electron chi connectivity index (χ4n) is 6.39. The van der Waals surface area contributed by atoms with Gasteiger partial charge in [0.2, 0.25) is 5.91 Å². The van der Waals surface area contributed by atoms with Crippen LogP contribution in [0, 0.1) is 0 Å². The molecule has 0 aromatic rings.